The van der Waals surface area contributed by atoms with Gasteiger partial charge < -0.3 is 0 Å². The Morgan fingerprint density at radius 1 is 1.40 bits per heavy atom. The van der Waals surface area contributed by atoms with Crippen LogP contribution in [0.4, 0.5) is 4.39 Å². The molecule has 1 aromatic rings. The van der Waals surface area contributed by atoms with Crippen molar-refractivity contribution in [1.82, 2.24) is 0 Å². The summed E-state index contributed by atoms with van der Waals surface area (Å²) in [5.74, 6) is -0.175. The Morgan fingerprint density at radius 3 is 2.53 bits per heavy atom. The Morgan fingerprint density at radius 2 is 2.00 bits per heavy atom. The molecule has 0 aliphatic carbocycles. The number of benzene rings is 1. The highest BCUT2D eigenvalue weighted by molar-refractivity contribution is 6.20. The van der Waals surface area contributed by atoms with Crippen LogP contribution >= 0.6 is 11.6 Å². The van der Waals surface area contributed by atoms with Gasteiger partial charge in [-0.1, -0.05) is 19.9 Å². The largest absolute Gasteiger partial charge is 0.207 e. The molecule has 0 heterocycles. The first-order chi connectivity index (χ1) is 6.83. The molecule has 0 aliphatic rings. The number of alkyl halides is 1. The minimum Gasteiger partial charge on any atom is -0.207 e. The Balaban J connectivity index is 3.08. The second-order valence-corrected chi connectivity index (χ2v) is 5.57. The van der Waals surface area contributed by atoms with Crippen molar-refractivity contribution in [3.05, 3.63) is 35.1 Å². The van der Waals surface area contributed by atoms with E-state index in [0.717, 1.165) is 17.5 Å². The summed E-state index contributed by atoms with van der Waals surface area (Å²) in [5.41, 5.74) is 2.10. The van der Waals surface area contributed by atoms with E-state index < -0.39 is 0 Å². The van der Waals surface area contributed by atoms with Gasteiger partial charge in [0.2, 0.25) is 0 Å². The van der Waals surface area contributed by atoms with Crippen LogP contribution in [0.25, 0.3) is 0 Å². The lowest BCUT2D eigenvalue weighted by molar-refractivity contribution is 0.470. The second kappa shape index (κ2) is 4.52. The number of aryl methyl sites for hydroxylation is 1. The zero-order valence-corrected chi connectivity index (χ0v) is 10.5. The van der Waals surface area contributed by atoms with Gasteiger partial charge in [0.15, 0.2) is 0 Å². The van der Waals surface area contributed by atoms with Crippen LogP contribution in [0.1, 0.15) is 38.3 Å². The molecule has 0 N–H and O–H groups in total. The Bertz CT molecular complexity index is 342. The van der Waals surface area contributed by atoms with E-state index in [4.69, 9.17) is 11.6 Å². The lowest BCUT2D eigenvalue weighted by atomic mass is 9.78. The molecule has 1 atom stereocenters. The average molecular weight is 229 g/mol. The summed E-state index contributed by atoms with van der Waals surface area (Å²) in [6, 6.07) is 4.94. The van der Waals surface area contributed by atoms with Crippen LogP contribution in [0.3, 0.4) is 0 Å². The topological polar surface area (TPSA) is 0 Å². The van der Waals surface area contributed by atoms with Gasteiger partial charge in [-0.2, -0.15) is 0 Å². The Hall–Kier alpha value is -0.560. The third-order valence-electron chi connectivity index (χ3n) is 2.72. The SMILES string of the molecule is Cc1ccc(F)cc1C(C)(C)CC(C)Cl. The second-order valence-electron chi connectivity index (χ2n) is 4.83. The smallest absolute Gasteiger partial charge is 0.123 e. The van der Waals surface area contributed by atoms with Crippen LogP contribution in [0.5, 0.6) is 0 Å². The molecule has 0 bridgehead atoms. The van der Waals surface area contributed by atoms with Gasteiger partial charge in [0.1, 0.15) is 5.82 Å². The highest BCUT2D eigenvalue weighted by Gasteiger charge is 2.24. The van der Waals surface area contributed by atoms with Gasteiger partial charge in [0, 0.05) is 5.38 Å². The van der Waals surface area contributed by atoms with Crippen LogP contribution < -0.4 is 0 Å². The van der Waals surface area contributed by atoms with Gasteiger partial charge in [-0.3, -0.25) is 0 Å². The van der Waals surface area contributed by atoms with Crippen molar-refractivity contribution in [3.8, 4) is 0 Å². The average Bonchev–Trinajstić information content (AvgIpc) is 2.06. The van der Waals surface area contributed by atoms with Crippen molar-refractivity contribution in [1.29, 1.82) is 0 Å². The third-order valence-corrected chi connectivity index (χ3v) is 2.87. The molecule has 84 valence electrons. The van der Waals surface area contributed by atoms with Gasteiger partial charge >= 0.3 is 0 Å². The number of hydrogen-bond donors (Lipinski definition) is 0. The standard InChI is InChI=1S/C13H18ClF/c1-9-5-6-11(15)7-12(9)13(3,4)8-10(2)14/h5-7,10H,8H2,1-4H3. The van der Waals surface area contributed by atoms with E-state index in [1.165, 1.54) is 6.07 Å². The zero-order chi connectivity index (χ0) is 11.6. The van der Waals surface area contributed by atoms with Gasteiger partial charge in [0.25, 0.3) is 0 Å². The van der Waals surface area contributed by atoms with Crippen molar-refractivity contribution < 1.29 is 4.39 Å². The molecule has 1 unspecified atom stereocenters. The molecule has 0 aromatic heterocycles. The number of hydrogen-bond acceptors (Lipinski definition) is 0. The predicted molar refractivity (Wildman–Crippen MR) is 64.1 cm³/mol. The van der Waals surface area contributed by atoms with Gasteiger partial charge in [0.05, 0.1) is 0 Å². The molecule has 0 fully saturated rings. The first-order valence-electron chi connectivity index (χ1n) is 5.23. The molecule has 0 saturated heterocycles. The number of halogens is 2. The van der Waals surface area contributed by atoms with Gasteiger partial charge in [-0.15, -0.1) is 11.6 Å². The quantitative estimate of drug-likeness (QED) is 0.672. The van der Waals surface area contributed by atoms with E-state index in [1.807, 2.05) is 19.9 Å². The highest BCUT2D eigenvalue weighted by Crippen LogP contribution is 2.32. The first-order valence-corrected chi connectivity index (χ1v) is 5.67. The molecule has 0 aliphatic heterocycles. The minimum atomic E-state index is -0.175. The molecule has 2 heteroatoms. The van der Waals surface area contributed by atoms with E-state index in [0.29, 0.717) is 0 Å². The van der Waals surface area contributed by atoms with E-state index in [9.17, 15) is 4.39 Å². The summed E-state index contributed by atoms with van der Waals surface area (Å²) in [4.78, 5) is 0. The minimum absolute atomic E-state index is 0.0760. The van der Waals surface area contributed by atoms with Gasteiger partial charge in [-0.05, 0) is 48.9 Å². The lowest BCUT2D eigenvalue weighted by Gasteiger charge is -2.28. The van der Waals surface area contributed by atoms with Crippen molar-refractivity contribution in [2.24, 2.45) is 0 Å². The summed E-state index contributed by atoms with van der Waals surface area (Å²) >= 11 is 6.01. The fourth-order valence-electron chi connectivity index (χ4n) is 2.14. The van der Waals surface area contributed by atoms with Crippen LogP contribution in [0, 0.1) is 12.7 Å². The molecule has 0 spiro atoms. The Labute approximate surface area is 96.5 Å². The summed E-state index contributed by atoms with van der Waals surface area (Å²) in [7, 11) is 0. The van der Waals surface area contributed by atoms with Crippen LogP contribution in [-0.2, 0) is 5.41 Å². The summed E-state index contributed by atoms with van der Waals surface area (Å²) in [6.45, 7) is 8.19. The van der Waals surface area contributed by atoms with E-state index in [2.05, 4.69) is 13.8 Å². The molecular formula is C13H18ClF. The molecule has 0 amide bonds. The zero-order valence-electron chi connectivity index (χ0n) is 9.77. The van der Waals surface area contributed by atoms with Crippen molar-refractivity contribution in [3.63, 3.8) is 0 Å². The normalized spacial score (nSPS) is 14.0. The van der Waals surface area contributed by atoms with E-state index in [-0.39, 0.29) is 16.6 Å². The van der Waals surface area contributed by atoms with Crippen LogP contribution in [0.15, 0.2) is 18.2 Å². The van der Waals surface area contributed by atoms with E-state index >= 15 is 0 Å². The molecule has 0 radical (unpaired) electrons. The summed E-state index contributed by atoms with van der Waals surface area (Å²) in [6.07, 6.45) is 0.846. The summed E-state index contributed by atoms with van der Waals surface area (Å²) < 4.78 is 13.2. The predicted octanol–water partition coefficient (Wildman–Crippen LogP) is 4.43. The fraction of sp³-hybridized carbons (Fsp3) is 0.538. The highest BCUT2D eigenvalue weighted by atomic mass is 35.5. The van der Waals surface area contributed by atoms with Crippen molar-refractivity contribution >= 4 is 11.6 Å². The maximum absolute atomic E-state index is 13.2. The monoisotopic (exact) mass is 228 g/mol. The first kappa shape index (κ1) is 12.5. The molecule has 15 heavy (non-hydrogen) atoms. The van der Waals surface area contributed by atoms with Gasteiger partial charge in [-0.25, -0.2) is 4.39 Å². The third kappa shape index (κ3) is 3.20. The van der Waals surface area contributed by atoms with Crippen molar-refractivity contribution in [2.75, 3.05) is 0 Å². The lowest BCUT2D eigenvalue weighted by Crippen LogP contribution is -2.22. The molecular weight excluding hydrogens is 211 g/mol. The van der Waals surface area contributed by atoms with E-state index in [1.54, 1.807) is 6.07 Å². The number of rotatable bonds is 3. The van der Waals surface area contributed by atoms with Crippen molar-refractivity contribution in [2.45, 2.75) is 44.9 Å². The Kier molecular flexibility index (Phi) is 3.77. The maximum atomic E-state index is 13.2. The summed E-state index contributed by atoms with van der Waals surface area (Å²) in [5, 5.41) is 0.0997. The maximum Gasteiger partial charge on any atom is 0.123 e. The fourth-order valence-corrected chi connectivity index (χ4v) is 2.52. The van der Waals surface area contributed by atoms with Crippen LogP contribution in [-0.4, -0.2) is 5.38 Å². The molecule has 1 rings (SSSR count). The van der Waals surface area contributed by atoms with Crippen LogP contribution in [0.2, 0.25) is 0 Å². The molecule has 0 nitrogen and oxygen atoms in total. The molecule has 1 aromatic carbocycles. The molecule has 0 saturated carbocycles.